The molecule has 7 nitrogen and oxygen atoms in total. The van der Waals surface area contributed by atoms with Crippen molar-refractivity contribution in [2.75, 3.05) is 6.61 Å². The van der Waals surface area contributed by atoms with Crippen LogP contribution in [0.15, 0.2) is 121 Å². The molecule has 1 aliphatic heterocycles. The first-order chi connectivity index (χ1) is 20.1. The predicted octanol–water partition coefficient (Wildman–Crippen LogP) is 5.22. The van der Waals surface area contributed by atoms with E-state index < -0.39 is 34.6 Å². The van der Waals surface area contributed by atoms with Crippen molar-refractivity contribution in [1.82, 2.24) is 4.72 Å². The highest BCUT2D eigenvalue weighted by Crippen LogP contribution is 2.29. The van der Waals surface area contributed by atoms with Gasteiger partial charge in [0.1, 0.15) is 18.3 Å². The Bertz CT molecular complexity index is 1420. The molecule has 5 rings (SSSR count). The number of ether oxygens (including phenoxy) is 4. The highest BCUT2D eigenvalue weighted by Gasteiger charge is 2.48. The van der Waals surface area contributed by atoms with Crippen molar-refractivity contribution in [2.45, 2.75) is 50.1 Å². The molecule has 8 heteroatoms. The lowest BCUT2D eigenvalue weighted by molar-refractivity contribution is -0.0898. The standard InChI is InChI=1S/C33H35NO6S/c35-41(36,25-29-19-11-4-12-20-29)34-33-32(39-23-28-17-9-3-10-18-28)31(38-22-27-15-7-2-8-16-27)30(40-33)24-37-21-26-13-5-1-6-14-26/h1-20,30-34H,21-25H2/t30-,31-,32-,33+/m1/s1. The lowest BCUT2D eigenvalue weighted by atomic mass is 10.1. The minimum atomic E-state index is -3.76. The van der Waals surface area contributed by atoms with E-state index in [1.165, 1.54) is 0 Å². The second-order valence-electron chi connectivity index (χ2n) is 9.98. The van der Waals surface area contributed by atoms with Gasteiger partial charge in [-0.2, -0.15) is 4.72 Å². The summed E-state index contributed by atoms with van der Waals surface area (Å²) in [6, 6.07) is 38.5. The quantitative estimate of drug-likeness (QED) is 0.223. The molecule has 1 N–H and O–H groups in total. The fourth-order valence-electron chi connectivity index (χ4n) is 4.75. The van der Waals surface area contributed by atoms with Gasteiger partial charge < -0.3 is 18.9 Å². The summed E-state index contributed by atoms with van der Waals surface area (Å²) in [5.74, 6) is -0.177. The van der Waals surface area contributed by atoms with Crippen LogP contribution in [0.4, 0.5) is 0 Å². The Morgan fingerprint density at radius 2 is 1.02 bits per heavy atom. The van der Waals surface area contributed by atoms with Crippen molar-refractivity contribution < 1.29 is 27.4 Å². The fraction of sp³-hybridized carbons (Fsp3) is 0.273. The summed E-state index contributed by atoms with van der Waals surface area (Å²) in [6.45, 7) is 1.19. The number of hydrogen-bond donors (Lipinski definition) is 1. The Labute approximate surface area is 242 Å². The highest BCUT2D eigenvalue weighted by molar-refractivity contribution is 7.88. The maximum atomic E-state index is 13.2. The van der Waals surface area contributed by atoms with Crippen molar-refractivity contribution >= 4 is 10.0 Å². The zero-order valence-corrected chi connectivity index (χ0v) is 23.6. The van der Waals surface area contributed by atoms with Crippen LogP contribution in [-0.2, 0) is 54.5 Å². The van der Waals surface area contributed by atoms with Crippen LogP contribution in [-0.4, -0.2) is 39.6 Å². The first kappa shape index (κ1) is 29.1. The predicted molar refractivity (Wildman–Crippen MR) is 157 cm³/mol. The van der Waals surface area contributed by atoms with Crippen LogP contribution in [0.2, 0.25) is 0 Å². The molecule has 1 saturated heterocycles. The van der Waals surface area contributed by atoms with Gasteiger partial charge in [-0.3, -0.25) is 0 Å². The summed E-state index contributed by atoms with van der Waals surface area (Å²) >= 11 is 0. The number of rotatable bonds is 14. The second-order valence-corrected chi connectivity index (χ2v) is 11.7. The molecule has 4 atom stereocenters. The van der Waals surface area contributed by atoms with Gasteiger partial charge in [0.25, 0.3) is 0 Å². The number of hydrogen-bond acceptors (Lipinski definition) is 6. The first-order valence-corrected chi connectivity index (χ1v) is 15.3. The Balaban J connectivity index is 1.35. The summed E-state index contributed by atoms with van der Waals surface area (Å²) in [5.41, 5.74) is 3.67. The third-order valence-electron chi connectivity index (χ3n) is 6.77. The molecule has 1 heterocycles. The summed E-state index contributed by atoms with van der Waals surface area (Å²) in [5, 5.41) is 0. The maximum absolute atomic E-state index is 13.2. The minimum absolute atomic E-state index is 0.177. The first-order valence-electron chi connectivity index (χ1n) is 13.7. The van der Waals surface area contributed by atoms with Crippen molar-refractivity contribution in [3.63, 3.8) is 0 Å². The largest absolute Gasteiger partial charge is 0.374 e. The molecule has 1 aliphatic rings. The summed E-state index contributed by atoms with van der Waals surface area (Å²) in [4.78, 5) is 0. The molecule has 0 unspecified atom stereocenters. The molecule has 0 spiro atoms. The van der Waals surface area contributed by atoms with Crippen LogP contribution in [0.5, 0.6) is 0 Å². The molecule has 4 aromatic carbocycles. The minimum Gasteiger partial charge on any atom is -0.374 e. The molecule has 0 aromatic heterocycles. The summed E-state index contributed by atoms with van der Waals surface area (Å²) in [6.07, 6.45) is -2.82. The molecule has 0 bridgehead atoms. The topological polar surface area (TPSA) is 83.1 Å². The zero-order valence-electron chi connectivity index (χ0n) is 22.7. The molecule has 0 aliphatic carbocycles. The Morgan fingerprint density at radius 1 is 0.585 bits per heavy atom. The molecule has 0 radical (unpaired) electrons. The van der Waals surface area contributed by atoms with Crippen LogP contribution < -0.4 is 4.72 Å². The van der Waals surface area contributed by atoms with E-state index in [9.17, 15) is 8.42 Å². The van der Waals surface area contributed by atoms with E-state index in [0.717, 1.165) is 16.7 Å². The van der Waals surface area contributed by atoms with E-state index in [2.05, 4.69) is 4.72 Å². The SMILES string of the molecule is O=S(=O)(Cc1ccccc1)N[C@H]1O[C@H](COCc2ccccc2)[C@@H](OCc2ccccc2)[C@H]1OCc1ccccc1. The van der Waals surface area contributed by atoms with Gasteiger partial charge in [-0.1, -0.05) is 121 Å². The van der Waals surface area contributed by atoms with Crippen molar-refractivity contribution in [2.24, 2.45) is 0 Å². The van der Waals surface area contributed by atoms with Crippen molar-refractivity contribution in [1.29, 1.82) is 0 Å². The van der Waals surface area contributed by atoms with Gasteiger partial charge in [0.15, 0.2) is 6.23 Å². The van der Waals surface area contributed by atoms with Crippen LogP contribution in [0, 0.1) is 0 Å². The smallest absolute Gasteiger partial charge is 0.218 e. The van der Waals surface area contributed by atoms with Crippen LogP contribution >= 0.6 is 0 Å². The Hall–Kier alpha value is -3.37. The number of sulfonamides is 1. The monoisotopic (exact) mass is 573 g/mol. The van der Waals surface area contributed by atoms with E-state index in [-0.39, 0.29) is 19.0 Å². The average Bonchev–Trinajstić information content (AvgIpc) is 3.31. The summed E-state index contributed by atoms with van der Waals surface area (Å²) in [7, 11) is -3.76. The van der Waals surface area contributed by atoms with Gasteiger partial charge in [-0.25, -0.2) is 8.42 Å². The van der Waals surface area contributed by atoms with Gasteiger partial charge in [0.05, 0.1) is 32.2 Å². The van der Waals surface area contributed by atoms with Crippen molar-refractivity contribution in [3.8, 4) is 0 Å². The lowest BCUT2D eigenvalue weighted by Crippen LogP contribution is -2.46. The lowest BCUT2D eigenvalue weighted by Gasteiger charge is -2.25. The molecular weight excluding hydrogens is 538 g/mol. The number of benzene rings is 4. The highest BCUT2D eigenvalue weighted by atomic mass is 32.2. The Kier molecular flexibility index (Phi) is 10.3. The maximum Gasteiger partial charge on any atom is 0.218 e. The zero-order chi connectivity index (χ0) is 28.3. The van der Waals surface area contributed by atoms with Crippen LogP contribution in [0.1, 0.15) is 22.3 Å². The fourth-order valence-corrected chi connectivity index (χ4v) is 6.01. The van der Waals surface area contributed by atoms with E-state index >= 15 is 0 Å². The molecule has 1 fully saturated rings. The molecule has 4 aromatic rings. The van der Waals surface area contributed by atoms with E-state index in [0.29, 0.717) is 18.8 Å². The van der Waals surface area contributed by atoms with E-state index in [1.54, 1.807) is 12.1 Å². The number of nitrogens with one attached hydrogen (secondary N) is 1. The van der Waals surface area contributed by atoms with Crippen LogP contribution in [0.25, 0.3) is 0 Å². The van der Waals surface area contributed by atoms with Gasteiger partial charge in [0.2, 0.25) is 10.0 Å². The normalized spacial score (nSPS) is 20.7. The van der Waals surface area contributed by atoms with Gasteiger partial charge in [-0.05, 0) is 22.3 Å². The molecule has 0 amide bonds. The van der Waals surface area contributed by atoms with Crippen molar-refractivity contribution in [3.05, 3.63) is 144 Å². The summed E-state index contributed by atoms with van der Waals surface area (Å²) < 4.78 is 54.4. The molecule has 214 valence electrons. The molecule has 41 heavy (non-hydrogen) atoms. The van der Waals surface area contributed by atoms with E-state index in [1.807, 2.05) is 109 Å². The van der Waals surface area contributed by atoms with Gasteiger partial charge in [0, 0.05) is 0 Å². The van der Waals surface area contributed by atoms with Crippen LogP contribution in [0.3, 0.4) is 0 Å². The molecular formula is C33H35NO6S. The van der Waals surface area contributed by atoms with E-state index in [4.69, 9.17) is 18.9 Å². The third-order valence-corrected chi connectivity index (χ3v) is 8.07. The van der Waals surface area contributed by atoms with Gasteiger partial charge in [-0.15, -0.1) is 0 Å². The second kappa shape index (κ2) is 14.5. The molecule has 0 saturated carbocycles. The third kappa shape index (κ3) is 8.81. The average molecular weight is 574 g/mol. The van der Waals surface area contributed by atoms with Gasteiger partial charge >= 0.3 is 0 Å². The Morgan fingerprint density at radius 3 is 1.54 bits per heavy atom.